The molecule has 0 radical (unpaired) electrons. The number of benzene rings is 1. The fourth-order valence-electron chi connectivity index (χ4n) is 1.75. The Morgan fingerprint density at radius 2 is 2.05 bits per heavy atom. The Labute approximate surface area is 122 Å². The van der Waals surface area contributed by atoms with Crippen LogP contribution < -0.4 is 0 Å². The second-order valence-corrected chi connectivity index (χ2v) is 5.71. The number of hydrogen-bond acceptors (Lipinski definition) is 5. The second-order valence-electron chi connectivity index (χ2n) is 4.40. The summed E-state index contributed by atoms with van der Waals surface area (Å²) in [6.07, 6.45) is 0.720. The molecule has 1 heterocycles. The van der Waals surface area contributed by atoms with Gasteiger partial charge in [0, 0.05) is 13.5 Å². The van der Waals surface area contributed by atoms with Crippen LogP contribution in [-0.2, 0) is 23.0 Å². The maximum atomic E-state index is 11.4. The van der Waals surface area contributed by atoms with E-state index in [0.717, 1.165) is 12.2 Å². The van der Waals surface area contributed by atoms with Crippen molar-refractivity contribution < 1.29 is 9.53 Å². The number of methoxy groups -OCH3 is 1. The Morgan fingerprint density at radius 3 is 2.70 bits per heavy atom. The van der Waals surface area contributed by atoms with E-state index in [4.69, 9.17) is 4.74 Å². The lowest BCUT2D eigenvalue weighted by atomic mass is 10.1. The van der Waals surface area contributed by atoms with Crippen molar-refractivity contribution in [1.82, 2.24) is 14.8 Å². The summed E-state index contributed by atoms with van der Waals surface area (Å²) in [5.74, 6) is 0.610. The molecule has 106 valence electrons. The number of aromatic nitrogens is 3. The quantitative estimate of drug-likeness (QED) is 0.623. The first kappa shape index (κ1) is 14.6. The lowest BCUT2D eigenvalue weighted by Crippen LogP contribution is -2.15. The van der Waals surface area contributed by atoms with E-state index >= 15 is 0 Å². The number of hydrogen-bond donors (Lipinski definition) is 0. The van der Waals surface area contributed by atoms with Crippen molar-refractivity contribution in [2.45, 2.75) is 23.8 Å². The van der Waals surface area contributed by atoms with Crippen LogP contribution in [0.25, 0.3) is 0 Å². The van der Waals surface area contributed by atoms with Crippen molar-refractivity contribution in [1.29, 1.82) is 0 Å². The lowest BCUT2D eigenvalue weighted by molar-refractivity contribution is -0.139. The summed E-state index contributed by atoms with van der Waals surface area (Å²) in [7, 11) is 3.29. The Balaban J connectivity index is 2.09. The van der Waals surface area contributed by atoms with E-state index in [1.54, 1.807) is 6.92 Å². The first-order valence-electron chi connectivity index (χ1n) is 6.28. The van der Waals surface area contributed by atoms with Gasteiger partial charge in [-0.25, -0.2) is 0 Å². The second kappa shape index (κ2) is 6.56. The van der Waals surface area contributed by atoms with Gasteiger partial charge in [0.25, 0.3) is 0 Å². The van der Waals surface area contributed by atoms with E-state index in [9.17, 15) is 4.79 Å². The minimum atomic E-state index is -0.299. The number of nitrogens with zero attached hydrogens (tertiary/aromatic N) is 3. The van der Waals surface area contributed by atoms with Crippen LogP contribution in [-0.4, -0.2) is 33.1 Å². The molecule has 0 aliphatic heterocycles. The maximum absolute atomic E-state index is 11.4. The van der Waals surface area contributed by atoms with E-state index in [1.165, 1.54) is 24.4 Å². The predicted molar refractivity (Wildman–Crippen MR) is 77.6 cm³/mol. The molecule has 0 aliphatic rings. The van der Waals surface area contributed by atoms with Crippen LogP contribution in [0, 0.1) is 0 Å². The molecule has 5 nitrogen and oxygen atoms in total. The van der Waals surface area contributed by atoms with Crippen LogP contribution in [0.2, 0.25) is 0 Å². The highest BCUT2D eigenvalue weighted by atomic mass is 32.2. The van der Waals surface area contributed by atoms with Crippen LogP contribution in [0.5, 0.6) is 0 Å². The number of rotatable bonds is 5. The molecule has 1 atom stereocenters. The molecule has 0 spiro atoms. The molecule has 6 heteroatoms. The lowest BCUT2D eigenvalue weighted by Gasteiger charge is -2.08. The molecule has 0 N–H and O–H groups in total. The number of carbonyl (C=O) groups excluding carboxylic acids is 1. The third-order valence-electron chi connectivity index (χ3n) is 2.95. The zero-order chi connectivity index (χ0) is 14.5. The van der Waals surface area contributed by atoms with Gasteiger partial charge in [-0.1, -0.05) is 42.1 Å². The molecule has 0 saturated carbocycles. The fraction of sp³-hybridized carbons (Fsp3) is 0.357. The van der Waals surface area contributed by atoms with Gasteiger partial charge in [-0.3, -0.25) is 4.79 Å². The summed E-state index contributed by atoms with van der Waals surface area (Å²) < 4.78 is 6.62. The van der Waals surface area contributed by atoms with E-state index in [2.05, 4.69) is 22.3 Å². The highest BCUT2D eigenvalue weighted by molar-refractivity contribution is 8.00. The van der Waals surface area contributed by atoms with Crippen LogP contribution in [0.3, 0.4) is 0 Å². The standard InChI is InChI=1S/C14H17N3O2S/c1-10(13(18)19-3)20-14-16-15-12(17(14)2)9-11-7-5-4-6-8-11/h4-8,10H,9H2,1-3H3/t10-/m0/s1. The van der Waals surface area contributed by atoms with Gasteiger partial charge < -0.3 is 9.30 Å². The molecule has 1 aromatic heterocycles. The van der Waals surface area contributed by atoms with Gasteiger partial charge in [-0.15, -0.1) is 10.2 Å². The third-order valence-corrected chi connectivity index (χ3v) is 4.06. The van der Waals surface area contributed by atoms with E-state index in [1.807, 2.05) is 29.8 Å². The fourth-order valence-corrected chi connectivity index (χ4v) is 2.61. The largest absolute Gasteiger partial charge is 0.468 e. The SMILES string of the molecule is COC(=O)[C@H](C)Sc1nnc(Cc2ccccc2)n1C. The molecular formula is C14H17N3O2S. The van der Waals surface area contributed by atoms with Gasteiger partial charge in [0.15, 0.2) is 5.16 Å². The molecule has 0 aliphatic carbocycles. The molecule has 2 aromatic rings. The molecule has 20 heavy (non-hydrogen) atoms. The minimum absolute atomic E-state index is 0.261. The average molecular weight is 291 g/mol. The van der Waals surface area contributed by atoms with Crippen molar-refractivity contribution in [2.75, 3.05) is 7.11 Å². The molecule has 0 fully saturated rings. The Bertz CT molecular complexity index is 583. The monoisotopic (exact) mass is 291 g/mol. The molecule has 1 aromatic carbocycles. The Morgan fingerprint density at radius 1 is 1.35 bits per heavy atom. The van der Waals surface area contributed by atoms with Gasteiger partial charge in [-0.2, -0.15) is 0 Å². The van der Waals surface area contributed by atoms with Crippen molar-refractivity contribution in [3.05, 3.63) is 41.7 Å². The van der Waals surface area contributed by atoms with Gasteiger partial charge in [0.1, 0.15) is 11.1 Å². The molecule has 0 saturated heterocycles. The first-order chi connectivity index (χ1) is 9.61. The number of esters is 1. The Kier molecular flexibility index (Phi) is 4.79. The van der Waals surface area contributed by atoms with E-state index < -0.39 is 0 Å². The van der Waals surface area contributed by atoms with E-state index in [-0.39, 0.29) is 11.2 Å². The van der Waals surface area contributed by atoms with Crippen LogP contribution in [0.15, 0.2) is 35.5 Å². The summed E-state index contributed by atoms with van der Waals surface area (Å²) >= 11 is 1.35. The predicted octanol–water partition coefficient (Wildman–Crippen LogP) is 2.06. The van der Waals surface area contributed by atoms with Gasteiger partial charge in [0.05, 0.1) is 7.11 Å². The third kappa shape index (κ3) is 3.39. The van der Waals surface area contributed by atoms with Gasteiger partial charge in [-0.05, 0) is 12.5 Å². The van der Waals surface area contributed by atoms with Crippen LogP contribution >= 0.6 is 11.8 Å². The van der Waals surface area contributed by atoms with Gasteiger partial charge in [0.2, 0.25) is 0 Å². The normalized spacial score (nSPS) is 12.2. The summed E-state index contributed by atoms with van der Waals surface area (Å²) in [4.78, 5) is 11.4. The first-order valence-corrected chi connectivity index (χ1v) is 7.16. The van der Waals surface area contributed by atoms with Crippen LogP contribution in [0.1, 0.15) is 18.3 Å². The van der Waals surface area contributed by atoms with Crippen molar-refractivity contribution in [3.8, 4) is 0 Å². The molecule has 0 bridgehead atoms. The number of carbonyl (C=O) groups is 1. The minimum Gasteiger partial charge on any atom is -0.468 e. The summed E-state index contributed by atoms with van der Waals surface area (Å²) in [6.45, 7) is 1.79. The highest BCUT2D eigenvalue weighted by Crippen LogP contribution is 2.22. The smallest absolute Gasteiger partial charge is 0.318 e. The van der Waals surface area contributed by atoms with Gasteiger partial charge >= 0.3 is 5.97 Å². The number of ether oxygens (including phenoxy) is 1. The van der Waals surface area contributed by atoms with Crippen molar-refractivity contribution in [2.24, 2.45) is 7.05 Å². The topological polar surface area (TPSA) is 57.0 Å². The zero-order valence-corrected chi connectivity index (χ0v) is 12.6. The average Bonchev–Trinajstić information content (AvgIpc) is 2.80. The maximum Gasteiger partial charge on any atom is 0.318 e. The summed E-state index contributed by atoms with van der Waals surface area (Å²) in [5.41, 5.74) is 1.18. The summed E-state index contributed by atoms with van der Waals surface area (Å²) in [5, 5.41) is 8.74. The molecule has 0 unspecified atom stereocenters. The summed E-state index contributed by atoms with van der Waals surface area (Å²) in [6, 6.07) is 10.1. The Hall–Kier alpha value is -1.82. The van der Waals surface area contributed by atoms with E-state index in [0.29, 0.717) is 5.16 Å². The number of thioether (sulfide) groups is 1. The zero-order valence-electron chi connectivity index (χ0n) is 11.7. The molecule has 0 amide bonds. The van der Waals surface area contributed by atoms with Crippen molar-refractivity contribution >= 4 is 17.7 Å². The highest BCUT2D eigenvalue weighted by Gasteiger charge is 2.19. The molecular weight excluding hydrogens is 274 g/mol. The molecule has 2 rings (SSSR count). The van der Waals surface area contributed by atoms with Crippen LogP contribution in [0.4, 0.5) is 0 Å². The van der Waals surface area contributed by atoms with Crippen molar-refractivity contribution in [3.63, 3.8) is 0 Å².